The first-order valence-corrected chi connectivity index (χ1v) is 8.70. The SMILES string of the molecule is CCCCCCCCCC(O)c1cc(Br)c(C)s1. The van der Waals surface area contributed by atoms with Gasteiger partial charge in [0.15, 0.2) is 0 Å². The second-order valence-corrected chi connectivity index (χ2v) is 7.12. The number of rotatable bonds is 9. The Morgan fingerprint density at radius 1 is 1.17 bits per heavy atom. The number of halogens is 1. The van der Waals surface area contributed by atoms with Crippen molar-refractivity contribution in [3.63, 3.8) is 0 Å². The van der Waals surface area contributed by atoms with Crippen LogP contribution in [0.1, 0.15) is 74.1 Å². The van der Waals surface area contributed by atoms with Crippen LogP contribution in [0.25, 0.3) is 0 Å². The van der Waals surface area contributed by atoms with Crippen LogP contribution in [-0.2, 0) is 0 Å². The first-order valence-electron chi connectivity index (χ1n) is 7.09. The van der Waals surface area contributed by atoms with E-state index in [9.17, 15) is 5.11 Å². The number of unbranched alkanes of at least 4 members (excludes halogenated alkanes) is 6. The van der Waals surface area contributed by atoms with Crippen molar-refractivity contribution in [3.8, 4) is 0 Å². The predicted octanol–water partition coefficient (Wildman–Crippen LogP) is 5.99. The maximum Gasteiger partial charge on any atom is 0.0882 e. The van der Waals surface area contributed by atoms with Gasteiger partial charge in [-0.2, -0.15) is 0 Å². The first-order chi connectivity index (χ1) is 8.65. The quantitative estimate of drug-likeness (QED) is 0.550. The molecule has 1 unspecified atom stereocenters. The van der Waals surface area contributed by atoms with Gasteiger partial charge in [-0.3, -0.25) is 0 Å². The second-order valence-electron chi connectivity index (χ2n) is 4.98. The Morgan fingerprint density at radius 2 is 1.78 bits per heavy atom. The highest BCUT2D eigenvalue weighted by Gasteiger charge is 2.11. The molecular weight excluding hydrogens is 308 g/mol. The molecule has 104 valence electrons. The third-order valence-corrected chi connectivity index (χ3v) is 5.52. The van der Waals surface area contributed by atoms with Gasteiger partial charge in [-0.05, 0) is 35.3 Å². The Morgan fingerprint density at radius 3 is 2.33 bits per heavy atom. The third kappa shape index (κ3) is 5.85. The molecule has 1 nitrogen and oxygen atoms in total. The van der Waals surface area contributed by atoms with Gasteiger partial charge in [0, 0.05) is 14.2 Å². The van der Waals surface area contributed by atoms with Crippen molar-refractivity contribution in [2.75, 3.05) is 0 Å². The Hall–Kier alpha value is 0.140. The number of thiophene rings is 1. The van der Waals surface area contributed by atoms with Crippen LogP contribution in [0.4, 0.5) is 0 Å². The van der Waals surface area contributed by atoms with Crippen LogP contribution in [0.15, 0.2) is 10.5 Å². The van der Waals surface area contributed by atoms with Gasteiger partial charge >= 0.3 is 0 Å². The standard InChI is InChI=1S/C15H25BrOS/c1-3-4-5-6-7-8-9-10-14(17)15-11-13(16)12(2)18-15/h11,14,17H,3-10H2,1-2H3. The molecule has 0 saturated heterocycles. The van der Waals surface area contributed by atoms with Crippen molar-refractivity contribution in [2.45, 2.75) is 71.3 Å². The molecule has 18 heavy (non-hydrogen) atoms. The molecule has 1 aromatic rings. The third-order valence-electron chi connectivity index (χ3n) is 3.29. The fourth-order valence-electron chi connectivity index (χ4n) is 2.08. The molecule has 0 aliphatic heterocycles. The molecule has 3 heteroatoms. The van der Waals surface area contributed by atoms with Crippen LogP contribution in [0.3, 0.4) is 0 Å². The van der Waals surface area contributed by atoms with Crippen molar-refractivity contribution in [3.05, 3.63) is 20.3 Å². The van der Waals surface area contributed by atoms with Crippen LogP contribution in [0.5, 0.6) is 0 Å². The normalized spacial score (nSPS) is 12.9. The summed E-state index contributed by atoms with van der Waals surface area (Å²) < 4.78 is 1.13. The fraction of sp³-hybridized carbons (Fsp3) is 0.733. The largest absolute Gasteiger partial charge is 0.388 e. The molecule has 0 radical (unpaired) electrons. The fourth-order valence-corrected chi connectivity index (χ4v) is 3.66. The van der Waals surface area contributed by atoms with E-state index in [2.05, 4.69) is 35.8 Å². The molecular formula is C15H25BrOS. The molecule has 1 atom stereocenters. The maximum absolute atomic E-state index is 10.1. The number of hydrogen-bond acceptors (Lipinski definition) is 2. The molecule has 0 aliphatic carbocycles. The smallest absolute Gasteiger partial charge is 0.0882 e. The Bertz CT molecular complexity index is 316. The van der Waals surface area contributed by atoms with E-state index in [1.54, 1.807) is 11.3 Å². The molecule has 0 aliphatic rings. The van der Waals surface area contributed by atoms with Crippen molar-refractivity contribution < 1.29 is 5.11 Å². The van der Waals surface area contributed by atoms with Crippen LogP contribution < -0.4 is 0 Å². The van der Waals surface area contributed by atoms with Gasteiger partial charge in [-0.1, -0.05) is 51.9 Å². The first kappa shape index (κ1) is 16.2. The molecule has 1 aromatic heterocycles. The zero-order valence-corrected chi connectivity index (χ0v) is 13.9. The number of aliphatic hydroxyl groups excluding tert-OH is 1. The Labute approximate surface area is 124 Å². The lowest BCUT2D eigenvalue weighted by atomic mass is 10.1. The van der Waals surface area contributed by atoms with Gasteiger partial charge in [0.2, 0.25) is 0 Å². The van der Waals surface area contributed by atoms with Crippen LogP contribution >= 0.6 is 27.3 Å². The minimum absolute atomic E-state index is 0.268. The van der Waals surface area contributed by atoms with Crippen molar-refractivity contribution in [1.82, 2.24) is 0 Å². The molecule has 1 N–H and O–H groups in total. The summed E-state index contributed by atoms with van der Waals surface area (Å²) in [6.45, 7) is 4.33. The van der Waals surface area contributed by atoms with Gasteiger partial charge in [0.25, 0.3) is 0 Å². The van der Waals surface area contributed by atoms with E-state index >= 15 is 0 Å². The maximum atomic E-state index is 10.1. The van der Waals surface area contributed by atoms with E-state index in [1.165, 1.54) is 43.4 Å². The molecule has 0 fully saturated rings. The summed E-state index contributed by atoms with van der Waals surface area (Å²) >= 11 is 5.20. The highest BCUT2D eigenvalue weighted by molar-refractivity contribution is 9.10. The highest BCUT2D eigenvalue weighted by atomic mass is 79.9. The lowest BCUT2D eigenvalue weighted by molar-refractivity contribution is 0.167. The second kappa shape index (κ2) is 9.11. The predicted molar refractivity (Wildman–Crippen MR) is 84.3 cm³/mol. The summed E-state index contributed by atoms with van der Waals surface area (Å²) in [5.74, 6) is 0. The molecule has 0 aromatic carbocycles. The summed E-state index contributed by atoms with van der Waals surface area (Å²) in [6.07, 6.45) is 9.75. The topological polar surface area (TPSA) is 20.2 Å². The highest BCUT2D eigenvalue weighted by Crippen LogP contribution is 2.32. The van der Waals surface area contributed by atoms with E-state index in [1.807, 2.05) is 0 Å². The zero-order valence-electron chi connectivity index (χ0n) is 11.5. The van der Waals surface area contributed by atoms with E-state index in [0.29, 0.717) is 0 Å². The average Bonchev–Trinajstić information content (AvgIpc) is 2.68. The summed E-state index contributed by atoms with van der Waals surface area (Å²) in [7, 11) is 0. The zero-order chi connectivity index (χ0) is 13.4. The Kier molecular flexibility index (Phi) is 8.20. The lowest BCUT2D eigenvalue weighted by Crippen LogP contribution is -1.94. The average molecular weight is 333 g/mol. The van der Waals surface area contributed by atoms with Gasteiger partial charge in [-0.25, -0.2) is 0 Å². The monoisotopic (exact) mass is 332 g/mol. The summed E-state index contributed by atoms with van der Waals surface area (Å²) in [6, 6.07) is 2.06. The number of hydrogen-bond donors (Lipinski definition) is 1. The van der Waals surface area contributed by atoms with Crippen LogP contribution in [0, 0.1) is 6.92 Å². The molecule has 0 spiro atoms. The summed E-state index contributed by atoms with van der Waals surface area (Å²) in [4.78, 5) is 2.36. The van der Waals surface area contributed by atoms with E-state index in [-0.39, 0.29) is 6.10 Å². The van der Waals surface area contributed by atoms with Gasteiger partial charge in [0.1, 0.15) is 0 Å². The van der Waals surface area contributed by atoms with Gasteiger partial charge in [-0.15, -0.1) is 11.3 Å². The van der Waals surface area contributed by atoms with Crippen molar-refractivity contribution >= 4 is 27.3 Å². The number of aryl methyl sites for hydroxylation is 1. The molecule has 0 saturated carbocycles. The van der Waals surface area contributed by atoms with Gasteiger partial charge < -0.3 is 5.11 Å². The minimum Gasteiger partial charge on any atom is -0.388 e. The molecule has 0 bridgehead atoms. The van der Waals surface area contributed by atoms with E-state index < -0.39 is 0 Å². The van der Waals surface area contributed by atoms with E-state index in [4.69, 9.17) is 0 Å². The molecule has 1 rings (SSSR count). The van der Waals surface area contributed by atoms with Crippen LogP contribution in [-0.4, -0.2) is 5.11 Å². The van der Waals surface area contributed by atoms with Crippen molar-refractivity contribution in [2.24, 2.45) is 0 Å². The van der Waals surface area contributed by atoms with E-state index in [0.717, 1.165) is 22.2 Å². The van der Waals surface area contributed by atoms with Gasteiger partial charge in [0.05, 0.1) is 6.10 Å². The summed E-state index contributed by atoms with van der Waals surface area (Å²) in [5.41, 5.74) is 0. The Balaban J connectivity index is 2.12. The number of aliphatic hydroxyl groups is 1. The molecule has 1 heterocycles. The van der Waals surface area contributed by atoms with Crippen molar-refractivity contribution in [1.29, 1.82) is 0 Å². The molecule has 0 amide bonds. The van der Waals surface area contributed by atoms with Crippen LogP contribution in [0.2, 0.25) is 0 Å². The minimum atomic E-state index is -0.268. The lowest BCUT2D eigenvalue weighted by Gasteiger charge is -2.08. The summed E-state index contributed by atoms with van der Waals surface area (Å²) in [5, 5.41) is 10.1.